The van der Waals surface area contributed by atoms with Gasteiger partial charge in [-0.15, -0.1) is 0 Å². The first-order chi connectivity index (χ1) is 9.30. The molecule has 0 N–H and O–H groups in total. The molecular formula is C13H19BrO6. The second-order valence-electron chi connectivity index (χ2n) is 4.46. The summed E-state index contributed by atoms with van der Waals surface area (Å²) in [6.07, 6.45) is 0.887. The van der Waals surface area contributed by atoms with E-state index in [1.165, 1.54) is 0 Å². The zero-order valence-corrected chi connectivity index (χ0v) is 13.2. The van der Waals surface area contributed by atoms with Gasteiger partial charge in [-0.05, 0) is 13.8 Å². The Hall–Kier alpha value is -1.37. The Morgan fingerprint density at radius 1 is 1.10 bits per heavy atom. The monoisotopic (exact) mass is 350 g/mol. The summed E-state index contributed by atoms with van der Waals surface area (Å²) in [5.74, 6) is -1.60. The second-order valence-corrected chi connectivity index (χ2v) is 5.02. The molecular weight excluding hydrogens is 332 g/mol. The molecule has 0 rings (SSSR count). The molecule has 0 amide bonds. The number of hydrogen-bond acceptors (Lipinski definition) is 6. The Morgan fingerprint density at radius 2 is 1.65 bits per heavy atom. The fraction of sp³-hybridized carbons (Fsp3) is 0.615. The van der Waals surface area contributed by atoms with Crippen molar-refractivity contribution in [1.82, 2.24) is 0 Å². The Bertz CT molecular complexity index is 364. The molecule has 0 aliphatic heterocycles. The lowest BCUT2D eigenvalue weighted by molar-refractivity contribution is -0.158. The quantitative estimate of drug-likeness (QED) is 0.207. The molecule has 0 aromatic carbocycles. The maximum Gasteiger partial charge on any atom is 0.330 e. The van der Waals surface area contributed by atoms with Gasteiger partial charge in [0.05, 0.1) is 12.8 Å². The van der Waals surface area contributed by atoms with Gasteiger partial charge in [0, 0.05) is 11.4 Å². The van der Waals surface area contributed by atoms with Crippen LogP contribution in [0.3, 0.4) is 0 Å². The van der Waals surface area contributed by atoms with Gasteiger partial charge in [0.15, 0.2) is 0 Å². The SMILES string of the molecule is C=CC(=O)OCCOC(=O)CCC(=O)OC(C)(C)CBr. The van der Waals surface area contributed by atoms with Gasteiger partial charge in [-0.25, -0.2) is 4.79 Å². The van der Waals surface area contributed by atoms with E-state index >= 15 is 0 Å². The Balaban J connectivity index is 3.75. The van der Waals surface area contributed by atoms with Gasteiger partial charge >= 0.3 is 17.9 Å². The molecule has 0 aliphatic rings. The van der Waals surface area contributed by atoms with Crippen LogP contribution in [0.2, 0.25) is 0 Å². The van der Waals surface area contributed by atoms with Crippen LogP contribution >= 0.6 is 15.9 Å². The third-order valence-corrected chi connectivity index (χ3v) is 3.35. The number of carbonyl (C=O) groups excluding carboxylic acids is 3. The van der Waals surface area contributed by atoms with Gasteiger partial charge in [-0.3, -0.25) is 9.59 Å². The van der Waals surface area contributed by atoms with Crippen molar-refractivity contribution in [1.29, 1.82) is 0 Å². The van der Waals surface area contributed by atoms with Crippen molar-refractivity contribution in [3.05, 3.63) is 12.7 Å². The fourth-order valence-electron chi connectivity index (χ4n) is 1.02. The topological polar surface area (TPSA) is 78.9 Å². The lowest BCUT2D eigenvalue weighted by Gasteiger charge is -2.22. The van der Waals surface area contributed by atoms with Crippen LogP contribution in [0.1, 0.15) is 26.7 Å². The van der Waals surface area contributed by atoms with Crippen LogP contribution < -0.4 is 0 Å². The van der Waals surface area contributed by atoms with Crippen LogP contribution in [-0.4, -0.2) is 42.1 Å². The van der Waals surface area contributed by atoms with Crippen molar-refractivity contribution >= 4 is 33.8 Å². The summed E-state index contributed by atoms with van der Waals surface area (Å²) in [5.41, 5.74) is -0.611. The molecule has 0 atom stereocenters. The van der Waals surface area contributed by atoms with Crippen molar-refractivity contribution in [2.24, 2.45) is 0 Å². The number of carbonyl (C=O) groups is 3. The van der Waals surface area contributed by atoms with Crippen LogP contribution in [0.25, 0.3) is 0 Å². The summed E-state index contributed by atoms with van der Waals surface area (Å²) in [5, 5.41) is 0.505. The van der Waals surface area contributed by atoms with Gasteiger partial charge in [0.25, 0.3) is 0 Å². The van der Waals surface area contributed by atoms with E-state index in [0.717, 1.165) is 6.08 Å². The van der Waals surface area contributed by atoms with E-state index in [2.05, 4.69) is 27.2 Å². The first-order valence-electron chi connectivity index (χ1n) is 6.03. The molecule has 0 aromatic rings. The molecule has 20 heavy (non-hydrogen) atoms. The minimum absolute atomic E-state index is 0.0440. The third kappa shape index (κ3) is 9.55. The van der Waals surface area contributed by atoms with Crippen LogP contribution in [-0.2, 0) is 28.6 Å². The van der Waals surface area contributed by atoms with E-state index in [1.807, 2.05) is 0 Å². The predicted octanol–water partition coefficient (Wildman–Crippen LogP) is 1.76. The normalized spacial score (nSPS) is 10.6. The lowest BCUT2D eigenvalue weighted by atomic mass is 10.2. The first kappa shape index (κ1) is 18.6. The van der Waals surface area contributed by atoms with Gasteiger partial charge < -0.3 is 14.2 Å². The summed E-state index contributed by atoms with van der Waals surface area (Å²) in [6.45, 7) is 6.63. The van der Waals surface area contributed by atoms with Crippen LogP contribution in [0.15, 0.2) is 12.7 Å². The number of ether oxygens (including phenoxy) is 3. The van der Waals surface area contributed by atoms with Gasteiger partial charge in [0.1, 0.15) is 18.8 Å². The second kappa shape index (κ2) is 9.52. The third-order valence-electron chi connectivity index (χ3n) is 2.00. The molecule has 0 aliphatic carbocycles. The molecule has 0 unspecified atom stereocenters. The molecule has 0 saturated carbocycles. The molecule has 0 bridgehead atoms. The molecule has 114 valence electrons. The highest BCUT2D eigenvalue weighted by Crippen LogP contribution is 2.13. The minimum atomic E-state index is -0.611. The first-order valence-corrected chi connectivity index (χ1v) is 7.15. The van der Waals surface area contributed by atoms with E-state index in [9.17, 15) is 14.4 Å². The zero-order chi connectivity index (χ0) is 15.6. The number of halogens is 1. The van der Waals surface area contributed by atoms with Crippen LogP contribution in [0, 0.1) is 0 Å². The molecule has 0 spiro atoms. The molecule has 6 nitrogen and oxygen atoms in total. The molecule has 0 aromatic heterocycles. The summed E-state index contributed by atoms with van der Waals surface area (Å²) in [4.78, 5) is 33.4. The highest BCUT2D eigenvalue weighted by atomic mass is 79.9. The Labute approximate surface area is 126 Å². The molecule has 0 radical (unpaired) electrons. The molecule has 0 saturated heterocycles. The Kier molecular flexibility index (Phi) is 8.87. The maximum atomic E-state index is 11.4. The largest absolute Gasteiger partial charge is 0.462 e. The predicted molar refractivity (Wildman–Crippen MR) is 75.3 cm³/mol. The highest BCUT2D eigenvalue weighted by Gasteiger charge is 2.21. The van der Waals surface area contributed by atoms with Crippen molar-refractivity contribution in [3.63, 3.8) is 0 Å². The molecule has 0 fully saturated rings. The van der Waals surface area contributed by atoms with Crippen LogP contribution in [0.4, 0.5) is 0 Å². The van der Waals surface area contributed by atoms with Crippen molar-refractivity contribution in [3.8, 4) is 0 Å². The average molecular weight is 351 g/mol. The highest BCUT2D eigenvalue weighted by molar-refractivity contribution is 9.09. The van der Waals surface area contributed by atoms with E-state index < -0.39 is 23.5 Å². The van der Waals surface area contributed by atoms with Gasteiger partial charge in [-0.2, -0.15) is 0 Å². The van der Waals surface area contributed by atoms with E-state index in [4.69, 9.17) is 9.47 Å². The summed E-state index contributed by atoms with van der Waals surface area (Å²) < 4.78 is 14.5. The Morgan fingerprint density at radius 3 is 2.20 bits per heavy atom. The summed E-state index contributed by atoms with van der Waals surface area (Å²) >= 11 is 3.22. The zero-order valence-electron chi connectivity index (χ0n) is 11.6. The standard InChI is InChI=1S/C13H19BrO6/c1-4-10(15)18-7-8-19-11(16)5-6-12(17)20-13(2,3)9-14/h4H,1,5-9H2,2-3H3. The van der Waals surface area contributed by atoms with E-state index in [-0.39, 0.29) is 26.1 Å². The maximum absolute atomic E-state index is 11.4. The summed E-state index contributed by atoms with van der Waals surface area (Å²) in [6, 6.07) is 0. The van der Waals surface area contributed by atoms with E-state index in [0.29, 0.717) is 5.33 Å². The van der Waals surface area contributed by atoms with Crippen LogP contribution in [0.5, 0.6) is 0 Å². The fourth-order valence-corrected chi connectivity index (χ4v) is 1.13. The number of hydrogen-bond donors (Lipinski definition) is 0. The summed E-state index contributed by atoms with van der Waals surface area (Å²) in [7, 11) is 0. The molecule has 7 heteroatoms. The number of alkyl halides is 1. The molecule has 0 heterocycles. The van der Waals surface area contributed by atoms with Crippen molar-refractivity contribution in [2.45, 2.75) is 32.3 Å². The number of rotatable bonds is 9. The van der Waals surface area contributed by atoms with Crippen molar-refractivity contribution in [2.75, 3.05) is 18.5 Å². The van der Waals surface area contributed by atoms with E-state index in [1.54, 1.807) is 13.8 Å². The lowest BCUT2D eigenvalue weighted by Crippen LogP contribution is -2.29. The van der Waals surface area contributed by atoms with Crippen molar-refractivity contribution < 1.29 is 28.6 Å². The van der Waals surface area contributed by atoms with Gasteiger partial charge in [-0.1, -0.05) is 22.5 Å². The number of esters is 3. The van der Waals surface area contributed by atoms with Gasteiger partial charge in [0.2, 0.25) is 0 Å². The smallest absolute Gasteiger partial charge is 0.330 e. The minimum Gasteiger partial charge on any atom is -0.462 e. The average Bonchev–Trinajstić information content (AvgIpc) is 2.40.